The minimum Gasteiger partial charge on any atom is -0.292 e. The number of hydrogen-bond acceptors (Lipinski definition) is 7. The molecule has 1 unspecified atom stereocenters. The lowest BCUT2D eigenvalue weighted by molar-refractivity contribution is 0.567. The van der Waals surface area contributed by atoms with E-state index in [1.54, 1.807) is 19.1 Å². The Bertz CT molecular complexity index is 686. The molecule has 108 valence electrons. The summed E-state index contributed by atoms with van der Waals surface area (Å²) in [5, 5.41) is 0. The van der Waals surface area contributed by atoms with Crippen LogP contribution < -0.4 is 16.0 Å². The van der Waals surface area contributed by atoms with Crippen LogP contribution in [0.15, 0.2) is 29.4 Å². The quantitative estimate of drug-likeness (QED) is 0.565. The molecule has 0 aliphatic carbocycles. The van der Waals surface area contributed by atoms with E-state index in [2.05, 4.69) is 20.1 Å². The molecule has 0 bridgehead atoms. The molecule has 2 aromatic rings. The molecule has 10 heteroatoms. The fraction of sp³-hybridized carbons (Fsp3) is 0.200. The van der Waals surface area contributed by atoms with Gasteiger partial charge in [-0.3, -0.25) is 5.43 Å². The summed E-state index contributed by atoms with van der Waals surface area (Å²) in [7, 11) is -3.70. The van der Waals surface area contributed by atoms with Crippen LogP contribution in [0.25, 0.3) is 0 Å². The van der Waals surface area contributed by atoms with Crippen LogP contribution in [0.1, 0.15) is 17.8 Å². The smallest absolute Gasteiger partial charge is 0.244 e. The van der Waals surface area contributed by atoms with E-state index in [0.717, 1.165) is 4.88 Å². The second kappa shape index (κ2) is 6.02. The highest BCUT2D eigenvalue weighted by atomic mass is 35.5. The molecule has 2 heterocycles. The second-order valence-electron chi connectivity index (χ2n) is 3.87. The number of anilines is 1. The molecule has 1 atom stereocenters. The summed E-state index contributed by atoms with van der Waals surface area (Å²) in [5.74, 6) is 5.26. The molecule has 7 nitrogen and oxygen atoms in total. The third-order valence-electron chi connectivity index (χ3n) is 2.42. The van der Waals surface area contributed by atoms with Crippen molar-refractivity contribution in [1.82, 2.24) is 14.7 Å². The molecule has 20 heavy (non-hydrogen) atoms. The highest BCUT2D eigenvalue weighted by Gasteiger charge is 2.20. The number of nitrogens with one attached hydrogen (secondary N) is 2. The van der Waals surface area contributed by atoms with Crippen molar-refractivity contribution in [3.05, 3.63) is 33.7 Å². The molecular weight excluding hydrogens is 322 g/mol. The first-order valence-electron chi connectivity index (χ1n) is 5.48. The first-order valence-corrected chi connectivity index (χ1v) is 8.16. The Morgan fingerprint density at radius 2 is 2.00 bits per heavy atom. The summed E-state index contributed by atoms with van der Waals surface area (Å²) >= 11 is 7.15. The average molecular weight is 334 g/mol. The molecule has 0 aliphatic heterocycles. The van der Waals surface area contributed by atoms with Crippen molar-refractivity contribution in [3.63, 3.8) is 0 Å². The number of nitrogens with two attached hydrogens (primary N) is 1. The zero-order chi connectivity index (χ0) is 14.8. The Morgan fingerprint density at radius 1 is 1.35 bits per heavy atom. The van der Waals surface area contributed by atoms with E-state index < -0.39 is 16.1 Å². The summed E-state index contributed by atoms with van der Waals surface area (Å²) in [6.07, 6.45) is 2.36. The Morgan fingerprint density at radius 3 is 2.50 bits per heavy atom. The van der Waals surface area contributed by atoms with Crippen molar-refractivity contribution < 1.29 is 8.42 Å². The van der Waals surface area contributed by atoms with Crippen molar-refractivity contribution in [3.8, 4) is 0 Å². The van der Waals surface area contributed by atoms with Crippen LogP contribution in [-0.2, 0) is 10.0 Å². The van der Waals surface area contributed by atoms with Gasteiger partial charge in [-0.2, -0.15) is 0 Å². The van der Waals surface area contributed by atoms with Gasteiger partial charge >= 0.3 is 0 Å². The lowest BCUT2D eigenvalue weighted by atomic mass is 10.3. The molecule has 2 rings (SSSR count). The first-order chi connectivity index (χ1) is 9.42. The van der Waals surface area contributed by atoms with Crippen molar-refractivity contribution in [2.24, 2.45) is 5.84 Å². The van der Waals surface area contributed by atoms with E-state index in [9.17, 15) is 8.42 Å². The van der Waals surface area contributed by atoms with Crippen LogP contribution in [0.3, 0.4) is 0 Å². The van der Waals surface area contributed by atoms with Gasteiger partial charge in [0.15, 0.2) is 0 Å². The molecule has 0 saturated carbocycles. The molecule has 4 N–H and O–H groups in total. The molecule has 0 fully saturated rings. The van der Waals surface area contributed by atoms with Crippen molar-refractivity contribution in [2.45, 2.75) is 17.9 Å². The largest absolute Gasteiger partial charge is 0.292 e. The first kappa shape index (κ1) is 15.1. The number of aromatic nitrogens is 2. The maximum atomic E-state index is 12.2. The third-order valence-corrected chi connectivity index (χ3v) is 5.33. The van der Waals surface area contributed by atoms with E-state index in [-0.39, 0.29) is 10.8 Å². The van der Waals surface area contributed by atoms with Crippen LogP contribution in [0.5, 0.6) is 0 Å². The van der Waals surface area contributed by atoms with Gasteiger partial charge in [0.05, 0.1) is 22.8 Å². The summed E-state index contributed by atoms with van der Waals surface area (Å²) < 4.78 is 27.4. The Balaban J connectivity index is 2.17. The predicted octanol–water partition coefficient (Wildman–Crippen LogP) is 1.52. The van der Waals surface area contributed by atoms with Gasteiger partial charge in [-0.25, -0.2) is 29.0 Å². The van der Waals surface area contributed by atoms with Crippen LogP contribution >= 0.6 is 22.9 Å². The third kappa shape index (κ3) is 3.44. The van der Waals surface area contributed by atoms with Crippen molar-refractivity contribution in [2.75, 3.05) is 5.43 Å². The lowest BCUT2D eigenvalue weighted by Crippen LogP contribution is -2.26. The fourth-order valence-corrected chi connectivity index (χ4v) is 3.70. The molecule has 0 spiro atoms. The fourth-order valence-electron chi connectivity index (χ4n) is 1.45. The highest BCUT2D eigenvalue weighted by molar-refractivity contribution is 7.89. The number of halogens is 1. The van der Waals surface area contributed by atoms with E-state index in [1.165, 1.54) is 23.7 Å². The topological polar surface area (TPSA) is 110 Å². The van der Waals surface area contributed by atoms with Gasteiger partial charge in [0.25, 0.3) is 0 Å². The number of thiophene rings is 1. The molecule has 0 amide bonds. The number of nitrogens with zero attached hydrogens (tertiary/aromatic N) is 2. The number of sulfonamides is 1. The van der Waals surface area contributed by atoms with Crippen LogP contribution in [0.2, 0.25) is 4.34 Å². The summed E-state index contributed by atoms with van der Waals surface area (Å²) in [6.45, 7) is 1.73. The van der Waals surface area contributed by atoms with Crippen molar-refractivity contribution in [1.29, 1.82) is 0 Å². The van der Waals surface area contributed by atoms with Crippen LogP contribution in [0.4, 0.5) is 5.95 Å². The van der Waals surface area contributed by atoms with Gasteiger partial charge in [0.2, 0.25) is 16.0 Å². The molecule has 0 aliphatic rings. The van der Waals surface area contributed by atoms with E-state index >= 15 is 0 Å². The van der Waals surface area contributed by atoms with Crippen LogP contribution in [0, 0.1) is 0 Å². The number of rotatable bonds is 5. The van der Waals surface area contributed by atoms with Gasteiger partial charge in [-0.1, -0.05) is 11.6 Å². The molecule has 0 saturated heterocycles. The maximum absolute atomic E-state index is 12.2. The minimum atomic E-state index is -3.70. The van der Waals surface area contributed by atoms with E-state index in [4.69, 9.17) is 17.4 Å². The second-order valence-corrected chi connectivity index (χ2v) is 7.33. The highest BCUT2D eigenvalue weighted by Crippen LogP contribution is 2.27. The maximum Gasteiger partial charge on any atom is 0.244 e. The zero-order valence-electron chi connectivity index (χ0n) is 10.4. The number of hydrazine groups is 1. The average Bonchev–Trinajstić information content (AvgIpc) is 2.85. The Labute approximate surface area is 125 Å². The summed E-state index contributed by atoms with van der Waals surface area (Å²) in [6, 6.07) is 3.10. The molecule has 0 aromatic carbocycles. The molecule has 2 aromatic heterocycles. The van der Waals surface area contributed by atoms with Gasteiger partial charge in [0.1, 0.15) is 4.90 Å². The molecule has 0 radical (unpaired) electrons. The van der Waals surface area contributed by atoms with E-state index in [0.29, 0.717) is 4.34 Å². The Kier molecular flexibility index (Phi) is 4.55. The van der Waals surface area contributed by atoms with Gasteiger partial charge in [-0.05, 0) is 19.1 Å². The number of nitrogen functional groups attached to an aromatic ring is 1. The van der Waals surface area contributed by atoms with E-state index in [1.807, 2.05) is 0 Å². The molecular formula is C10H12ClN5O2S2. The van der Waals surface area contributed by atoms with Crippen LogP contribution in [-0.4, -0.2) is 18.4 Å². The standard InChI is InChI=1S/C10H12ClN5O2S2/c1-6(8-2-3-9(11)19-8)16-20(17,18)7-4-13-10(15-12)14-5-7/h2-6,16H,12H2,1H3,(H,13,14,15). The normalized spacial score (nSPS) is 13.2. The SMILES string of the molecule is CC(NS(=O)(=O)c1cnc(NN)nc1)c1ccc(Cl)s1. The Hall–Kier alpha value is -1.26. The minimum absolute atomic E-state index is 0.0361. The van der Waals surface area contributed by atoms with Gasteiger partial charge < -0.3 is 0 Å². The summed E-state index contributed by atoms with van der Waals surface area (Å²) in [5.41, 5.74) is 2.22. The predicted molar refractivity (Wildman–Crippen MR) is 77.9 cm³/mol. The zero-order valence-corrected chi connectivity index (χ0v) is 12.8. The monoisotopic (exact) mass is 333 g/mol. The number of hydrogen-bond donors (Lipinski definition) is 3. The van der Waals surface area contributed by atoms with Crippen molar-refractivity contribution >= 4 is 38.9 Å². The van der Waals surface area contributed by atoms with Gasteiger partial charge in [-0.15, -0.1) is 11.3 Å². The summed E-state index contributed by atoms with van der Waals surface area (Å²) in [4.78, 5) is 8.31. The lowest BCUT2D eigenvalue weighted by Gasteiger charge is -2.12. The van der Waals surface area contributed by atoms with Gasteiger partial charge in [0, 0.05) is 4.88 Å².